The van der Waals surface area contributed by atoms with Crippen LogP contribution in [0.5, 0.6) is 0 Å². The van der Waals surface area contributed by atoms with Gasteiger partial charge in [0.1, 0.15) is 0 Å². The van der Waals surface area contributed by atoms with E-state index in [2.05, 4.69) is 24.3 Å². The minimum absolute atomic E-state index is 0.280. The van der Waals surface area contributed by atoms with Crippen LogP contribution >= 0.6 is 0 Å². The molecule has 0 fully saturated rings. The fraction of sp³-hybridized carbons (Fsp3) is 0.727. The van der Waals surface area contributed by atoms with Crippen LogP contribution in [0.4, 0.5) is 8.78 Å². The number of hydrogen-bond donors (Lipinski definition) is 1. The number of halogens is 2. The Morgan fingerprint density at radius 1 is 1.38 bits per heavy atom. The Bertz CT molecular complexity index is 295. The topological polar surface area (TPSA) is 29.9 Å². The third kappa shape index (κ3) is 3.89. The lowest BCUT2D eigenvalue weighted by Gasteiger charge is -2.12. The molecule has 0 aromatic carbocycles. The Hall–Kier alpha value is -0.970. The number of nitrogens with one attached hydrogen (secondary N) is 1. The summed E-state index contributed by atoms with van der Waals surface area (Å²) >= 11 is 0. The van der Waals surface area contributed by atoms with Crippen molar-refractivity contribution in [3.63, 3.8) is 0 Å². The van der Waals surface area contributed by atoms with Gasteiger partial charge in [-0.15, -0.1) is 0 Å². The zero-order valence-electron chi connectivity index (χ0n) is 9.79. The number of nitrogens with zero attached hydrogens (tertiary/aromatic N) is 2. The third-order valence-corrected chi connectivity index (χ3v) is 2.58. The van der Waals surface area contributed by atoms with Crippen molar-refractivity contribution in [2.24, 2.45) is 0 Å². The van der Waals surface area contributed by atoms with Gasteiger partial charge in [-0.05, 0) is 18.9 Å². The summed E-state index contributed by atoms with van der Waals surface area (Å²) < 4.78 is 25.7. The summed E-state index contributed by atoms with van der Waals surface area (Å²) in [7, 11) is 0. The van der Waals surface area contributed by atoms with E-state index in [1.165, 1.54) is 0 Å². The molecule has 0 atom stereocenters. The van der Waals surface area contributed by atoms with Gasteiger partial charge in [0.2, 0.25) is 0 Å². The molecule has 0 bridgehead atoms. The predicted molar refractivity (Wildman–Crippen MR) is 59.6 cm³/mol. The van der Waals surface area contributed by atoms with Crippen molar-refractivity contribution >= 4 is 0 Å². The molecule has 0 saturated heterocycles. The van der Waals surface area contributed by atoms with Gasteiger partial charge in [-0.25, -0.2) is 8.78 Å². The molecule has 0 aliphatic heterocycles. The minimum Gasteiger partial charge on any atom is -0.306 e. The molecular weight excluding hydrogens is 212 g/mol. The zero-order chi connectivity index (χ0) is 12.0. The highest BCUT2D eigenvalue weighted by Gasteiger charge is 2.08. The summed E-state index contributed by atoms with van der Waals surface area (Å²) in [5.74, 6) is 0. The Balaban J connectivity index is 2.44. The molecule has 1 rings (SSSR count). The lowest BCUT2D eigenvalue weighted by Crippen LogP contribution is -2.21. The number of alkyl halides is 2. The molecule has 0 amide bonds. The van der Waals surface area contributed by atoms with Crippen molar-refractivity contribution in [1.29, 1.82) is 0 Å². The molecule has 0 aliphatic rings. The van der Waals surface area contributed by atoms with Crippen molar-refractivity contribution in [1.82, 2.24) is 15.1 Å². The van der Waals surface area contributed by atoms with E-state index in [4.69, 9.17) is 0 Å². The molecule has 0 spiro atoms. The van der Waals surface area contributed by atoms with Gasteiger partial charge >= 0.3 is 0 Å². The lowest BCUT2D eigenvalue weighted by molar-refractivity contribution is 0.145. The van der Waals surface area contributed by atoms with E-state index in [1.54, 1.807) is 0 Å². The maximum atomic E-state index is 11.9. The quantitative estimate of drug-likeness (QED) is 0.781. The third-order valence-electron chi connectivity index (χ3n) is 2.58. The minimum atomic E-state index is -2.30. The summed E-state index contributed by atoms with van der Waals surface area (Å²) in [6, 6.07) is 2.28. The predicted octanol–water partition coefficient (Wildman–Crippen LogP) is 2.60. The molecule has 92 valence electrons. The maximum Gasteiger partial charge on any atom is 0.250 e. The van der Waals surface area contributed by atoms with E-state index in [-0.39, 0.29) is 6.54 Å². The Labute approximate surface area is 94.8 Å². The van der Waals surface area contributed by atoms with Gasteiger partial charge < -0.3 is 5.32 Å². The standard InChI is InChI=1S/C11H19F2N3/c1-3-10(4-2)16-6-5-9(15-16)7-14-8-11(12)13/h5-6,10-11,14H,3-4,7-8H2,1-2H3. The molecule has 1 N–H and O–H groups in total. The number of aromatic nitrogens is 2. The van der Waals surface area contributed by atoms with E-state index < -0.39 is 6.43 Å². The van der Waals surface area contributed by atoms with E-state index in [0.717, 1.165) is 18.5 Å². The van der Waals surface area contributed by atoms with Crippen LogP contribution in [0.2, 0.25) is 0 Å². The van der Waals surface area contributed by atoms with Crippen molar-refractivity contribution in [3.05, 3.63) is 18.0 Å². The summed E-state index contributed by atoms with van der Waals surface area (Å²) in [6.45, 7) is 4.35. The molecule has 0 saturated carbocycles. The highest BCUT2D eigenvalue weighted by molar-refractivity contribution is 4.99. The SMILES string of the molecule is CCC(CC)n1ccc(CNCC(F)F)n1. The highest BCUT2D eigenvalue weighted by atomic mass is 19.3. The van der Waals surface area contributed by atoms with Gasteiger partial charge in [-0.1, -0.05) is 13.8 Å². The van der Waals surface area contributed by atoms with Crippen LogP contribution in [-0.2, 0) is 6.54 Å². The average molecular weight is 231 g/mol. The van der Waals surface area contributed by atoms with Gasteiger partial charge in [-0.3, -0.25) is 4.68 Å². The van der Waals surface area contributed by atoms with Gasteiger partial charge in [0.25, 0.3) is 6.43 Å². The van der Waals surface area contributed by atoms with E-state index in [1.807, 2.05) is 16.9 Å². The molecular formula is C11H19F2N3. The maximum absolute atomic E-state index is 11.9. The van der Waals surface area contributed by atoms with E-state index in [0.29, 0.717) is 12.6 Å². The largest absolute Gasteiger partial charge is 0.306 e. The van der Waals surface area contributed by atoms with Crippen molar-refractivity contribution < 1.29 is 8.78 Å². The van der Waals surface area contributed by atoms with Crippen molar-refractivity contribution in [2.45, 2.75) is 45.7 Å². The molecule has 1 aromatic heterocycles. The first-order chi connectivity index (χ1) is 7.67. The van der Waals surface area contributed by atoms with Gasteiger partial charge in [0, 0.05) is 12.7 Å². The number of rotatable bonds is 7. The Morgan fingerprint density at radius 3 is 2.62 bits per heavy atom. The second kappa shape index (κ2) is 6.58. The van der Waals surface area contributed by atoms with Crippen molar-refractivity contribution in [3.8, 4) is 0 Å². The van der Waals surface area contributed by atoms with Crippen LogP contribution in [0.3, 0.4) is 0 Å². The first-order valence-corrected chi connectivity index (χ1v) is 5.70. The molecule has 5 heteroatoms. The molecule has 1 aromatic rings. The summed E-state index contributed by atoms with van der Waals surface area (Å²) in [5.41, 5.74) is 0.813. The summed E-state index contributed by atoms with van der Waals surface area (Å²) in [4.78, 5) is 0. The zero-order valence-corrected chi connectivity index (χ0v) is 9.79. The first kappa shape index (κ1) is 13.1. The van der Waals surface area contributed by atoms with E-state index in [9.17, 15) is 8.78 Å². The second-order valence-electron chi connectivity index (χ2n) is 3.78. The molecule has 3 nitrogen and oxygen atoms in total. The second-order valence-corrected chi connectivity index (χ2v) is 3.78. The van der Waals surface area contributed by atoms with Crippen LogP contribution in [0.1, 0.15) is 38.4 Å². The summed E-state index contributed by atoms with van der Waals surface area (Å²) in [5, 5.41) is 7.02. The highest BCUT2D eigenvalue weighted by Crippen LogP contribution is 2.14. The Kier molecular flexibility index (Phi) is 5.38. The van der Waals surface area contributed by atoms with E-state index >= 15 is 0 Å². The van der Waals surface area contributed by atoms with Crippen LogP contribution in [0.25, 0.3) is 0 Å². The monoisotopic (exact) mass is 231 g/mol. The van der Waals surface area contributed by atoms with Gasteiger partial charge in [0.15, 0.2) is 0 Å². The molecule has 0 radical (unpaired) electrons. The van der Waals surface area contributed by atoms with Crippen LogP contribution in [0, 0.1) is 0 Å². The first-order valence-electron chi connectivity index (χ1n) is 5.70. The molecule has 0 unspecified atom stereocenters. The summed E-state index contributed by atoms with van der Waals surface area (Å²) in [6.07, 6.45) is 1.67. The molecule has 1 heterocycles. The van der Waals surface area contributed by atoms with Crippen LogP contribution < -0.4 is 5.32 Å². The fourth-order valence-electron chi connectivity index (χ4n) is 1.65. The lowest BCUT2D eigenvalue weighted by atomic mass is 10.2. The molecule has 16 heavy (non-hydrogen) atoms. The Morgan fingerprint density at radius 2 is 2.06 bits per heavy atom. The normalized spacial score (nSPS) is 11.6. The van der Waals surface area contributed by atoms with Crippen LogP contribution in [0.15, 0.2) is 12.3 Å². The van der Waals surface area contributed by atoms with Crippen molar-refractivity contribution in [2.75, 3.05) is 6.54 Å². The fourth-order valence-corrected chi connectivity index (χ4v) is 1.65. The molecule has 0 aliphatic carbocycles. The number of hydrogen-bond acceptors (Lipinski definition) is 2. The van der Waals surface area contributed by atoms with Gasteiger partial charge in [0.05, 0.1) is 18.3 Å². The van der Waals surface area contributed by atoms with Crippen LogP contribution in [-0.4, -0.2) is 22.8 Å². The smallest absolute Gasteiger partial charge is 0.250 e. The van der Waals surface area contributed by atoms with Gasteiger partial charge in [-0.2, -0.15) is 5.10 Å². The average Bonchev–Trinajstić information content (AvgIpc) is 2.68.